The van der Waals surface area contributed by atoms with Crippen molar-refractivity contribution in [3.05, 3.63) is 28.8 Å². The molecular weight excluding hydrogens is 288 g/mol. The minimum atomic E-state index is 0.0367. The van der Waals surface area contributed by atoms with Crippen LogP contribution in [0.2, 0.25) is 5.02 Å². The Kier molecular flexibility index (Phi) is 5.48. The van der Waals surface area contributed by atoms with E-state index in [9.17, 15) is 9.90 Å². The zero-order valence-electron chi connectivity index (χ0n) is 12.6. The van der Waals surface area contributed by atoms with E-state index >= 15 is 0 Å². The zero-order chi connectivity index (χ0) is 15.4. The summed E-state index contributed by atoms with van der Waals surface area (Å²) in [6, 6.07) is 5.33. The molecule has 0 saturated carbocycles. The summed E-state index contributed by atoms with van der Waals surface area (Å²) in [5.41, 5.74) is 0.878. The number of nitrogens with one attached hydrogen (secondary N) is 1. The predicted octanol–water partition coefficient (Wildman–Crippen LogP) is 2.95. The van der Waals surface area contributed by atoms with Crippen LogP contribution in [0.15, 0.2) is 18.2 Å². The minimum absolute atomic E-state index is 0.0367. The SMILES string of the molecule is CC(=O)NCC1CCN(C(C)c2cc(Cl)ccc2O)CC1. The van der Waals surface area contributed by atoms with Gasteiger partial charge in [0.2, 0.25) is 5.91 Å². The molecule has 1 aromatic rings. The van der Waals surface area contributed by atoms with Crippen molar-refractivity contribution >= 4 is 17.5 Å². The summed E-state index contributed by atoms with van der Waals surface area (Å²) in [5.74, 6) is 0.882. The van der Waals surface area contributed by atoms with E-state index in [2.05, 4.69) is 17.1 Å². The molecule has 1 aliphatic heterocycles. The Morgan fingerprint density at radius 1 is 1.48 bits per heavy atom. The summed E-state index contributed by atoms with van der Waals surface area (Å²) < 4.78 is 0. The van der Waals surface area contributed by atoms with E-state index < -0.39 is 0 Å². The Morgan fingerprint density at radius 2 is 2.14 bits per heavy atom. The van der Waals surface area contributed by atoms with Gasteiger partial charge in [-0.2, -0.15) is 0 Å². The number of rotatable bonds is 4. The zero-order valence-corrected chi connectivity index (χ0v) is 13.4. The first kappa shape index (κ1) is 16.1. The van der Waals surface area contributed by atoms with E-state index in [-0.39, 0.29) is 11.9 Å². The summed E-state index contributed by atoms with van der Waals surface area (Å²) in [4.78, 5) is 13.3. The summed E-state index contributed by atoms with van der Waals surface area (Å²) in [6.45, 7) is 6.35. The van der Waals surface area contributed by atoms with Crippen molar-refractivity contribution in [1.82, 2.24) is 10.2 Å². The van der Waals surface area contributed by atoms with Crippen LogP contribution in [-0.2, 0) is 4.79 Å². The summed E-state index contributed by atoms with van der Waals surface area (Å²) in [6.07, 6.45) is 2.12. The number of carbonyl (C=O) groups is 1. The molecule has 0 bridgehead atoms. The molecule has 1 aliphatic rings. The largest absolute Gasteiger partial charge is 0.508 e. The van der Waals surface area contributed by atoms with E-state index in [0.717, 1.165) is 38.0 Å². The van der Waals surface area contributed by atoms with Gasteiger partial charge in [0, 0.05) is 30.1 Å². The molecule has 0 aliphatic carbocycles. The van der Waals surface area contributed by atoms with Crippen molar-refractivity contribution in [3.8, 4) is 5.75 Å². The Bertz CT molecular complexity index is 499. The van der Waals surface area contributed by atoms with Crippen molar-refractivity contribution in [2.75, 3.05) is 19.6 Å². The highest BCUT2D eigenvalue weighted by Crippen LogP contribution is 2.33. The molecule has 4 nitrogen and oxygen atoms in total. The number of phenols is 1. The number of amides is 1. The molecule has 21 heavy (non-hydrogen) atoms. The van der Waals surface area contributed by atoms with Gasteiger partial charge in [-0.25, -0.2) is 0 Å². The van der Waals surface area contributed by atoms with Crippen molar-refractivity contribution in [2.45, 2.75) is 32.7 Å². The lowest BCUT2D eigenvalue weighted by Crippen LogP contribution is -2.39. The highest BCUT2D eigenvalue weighted by atomic mass is 35.5. The average Bonchev–Trinajstić information content (AvgIpc) is 2.47. The maximum absolute atomic E-state index is 11.0. The maximum atomic E-state index is 11.0. The van der Waals surface area contributed by atoms with Gasteiger partial charge in [0.05, 0.1) is 0 Å². The lowest BCUT2D eigenvalue weighted by molar-refractivity contribution is -0.119. The van der Waals surface area contributed by atoms with Crippen LogP contribution in [0.4, 0.5) is 0 Å². The first-order valence-corrected chi connectivity index (χ1v) is 7.82. The number of hydrogen-bond acceptors (Lipinski definition) is 3. The molecule has 1 amide bonds. The highest BCUT2D eigenvalue weighted by Gasteiger charge is 2.25. The number of piperidine rings is 1. The summed E-state index contributed by atoms with van der Waals surface area (Å²) >= 11 is 6.02. The van der Waals surface area contributed by atoms with Crippen molar-refractivity contribution in [3.63, 3.8) is 0 Å². The molecule has 1 fully saturated rings. The van der Waals surface area contributed by atoms with Gasteiger partial charge in [-0.05, 0) is 57.0 Å². The van der Waals surface area contributed by atoms with Crippen molar-refractivity contribution in [1.29, 1.82) is 0 Å². The van der Waals surface area contributed by atoms with Gasteiger partial charge in [0.1, 0.15) is 5.75 Å². The van der Waals surface area contributed by atoms with Crippen LogP contribution in [0.3, 0.4) is 0 Å². The topological polar surface area (TPSA) is 52.6 Å². The van der Waals surface area contributed by atoms with E-state index in [0.29, 0.717) is 16.7 Å². The fourth-order valence-electron chi connectivity index (χ4n) is 2.89. The van der Waals surface area contributed by atoms with E-state index in [1.165, 1.54) is 0 Å². The molecule has 2 rings (SSSR count). The molecule has 1 saturated heterocycles. The van der Waals surface area contributed by atoms with Crippen LogP contribution in [0.25, 0.3) is 0 Å². The molecule has 1 atom stereocenters. The fourth-order valence-corrected chi connectivity index (χ4v) is 3.07. The molecular formula is C16H23ClN2O2. The molecule has 0 aromatic heterocycles. The van der Waals surface area contributed by atoms with Crippen LogP contribution in [0.5, 0.6) is 5.75 Å². The minimum Gasteiger partial charge on any atom is -0.508 e. The third kappa shape index (κ3) is 4.35. The Labute approximate surface area is 131 Å². The molecule has 5 heteroatoms. The van der Waals surface area contributed by atoms with E-state index in [1.807, 2.05) is 6.07 Å². The van der Waals surface area contributed by atoms with Gasteiger partial charge in [0.25, 0.3) is 0 Å². The van der Waals surface area contributed by atoms with Crippen LogP contribution >= 0.6 is 11.6 Å². The molecule has 116 valence electrons. The quantitative estimate of drug-likeness (QED) is 0.899. The van der Waals surface area contributed by atoms with Crippen LogP contribution < -0.4 is 5.32 Å². The average molecular weight is 311 g/mol. The molecule has 1 heterocycles. The van der Waals surface area contributed by atoms with Gasteiger partial charge in [-0.1, -0.05) is 11.6 Å². The predicted molar refractivity (Wildman–Crippen MR) is 84.5 cm³/mol. The van der Waals surface area contributed by atoms with Gasteiger partial charge < -0.3 is 10.4 Å². The number of nitrogens with zero attached hydrogens (tertiary/aromatic N) is 1. The number of aromatic hydroxyl groups is 1. The van der Waals surface area contributed by atoms with E-state index in [4.69, 9.17) is 11.6 Å². The molecule has 1 aromatic carbocycles. The van der Waals surface area contributed by atoms with Gasteiger partial charge in [0.15, 0.2) is 0 Å². The number of benzene rings is 1. The second kappa shape index (κ2) is 7.14. The fraction of sp³-hybridized carbons (Fsp3) is 0.562. The maximum Gasteiger partial charge on any atom is 0.216 e. The first-order valence-electron chi connectivity index (χ1n) is 7.44. The normalized spacial score (nSPS) is 18.4. The second-order valence-corrected chi connectivity index (χ2v) is 6.23. The number of halogens is 1. The highest BCUT2D eigenvalue weighted by molar-refractivity contribution is 6.30. The number of likely N-dealkylation sites (tertiary alicyclic amines) is 1. The Balaban J connectivity index is 1.92. The summed E-state index contributed by atoms with van der Waals surface area (Å²) in [5, 5.41) is 13.5. The van der Waals surface area contributed by atoms with Gasteiger partial charge in [-0.15, -0.1) is 0 Å². The summed E-state index contributed by atoms with van der Waals surface area (Å²) in [7, 11) is 0. The molecule has 2 N–H and O–H groups in total. The van der Waals surface area contributed by atoms with Crippen LogP contribution in [0, 0.1) is 5.92 Å². The molecule has 0 radical (unpaired) electrons. The van der Waals surface area contributed by atoms with Crippen molar-refractivity contribution in [2.24, 2.45) is 5.92 Å². The van der Waals surface area contributed by atoms with Gasteiger partial charge in [-0.3, -0.25) is 9.69 Å². The van der Waals surface area contributed by atoms with Crippen molar-refractivity contribution < 1.29 is 9.90 Å². The lowest BCUT2D eigenvalue weighted by atomic mass is 9.94. The standard InChI is InChI=1S/C16H23ClN2O2/c1-11(15-9-14(17)3-4-16(15)21)19-7-5-13(6-8-19)10-18-12(2)20/h3-4,9,11,13,21H,5-8,10H2,1-2H3,(H,18,20). The number of phenolic OH excluding ortho intramolecular Hbond substituents is 1. The lowest BCUT2D eigenvalue weighted by Gasteiger charge is -2.36. The molecule has 0 spiro atoms. The molecule has 1 unspecified atom stereocenters. The van der Waals surface area contributed by atoms with Gasteiger partial charge >= 0.3 is 0 Å². The second-order valence-electron chi connectivity index (χ2n) is 5.80. The first-order chi connectivity index (χ1) is 9.97. The third-order valence-electron chi connectivity index (χ3n) is 4.28. The Morgan fingerprint density at radius 3 is 2.76 bits per heavy atom. The number of carbonyl (C=O) groups excluding carboxylic acids is 1. The Hall–Kier alpha value is -1.26. The number of hydrogen-bond donors (Lipinski definition) is 2. The smallest absolute Gasteiger partial charge is 0.216 e. The van der Waals surface area contributed by atoms with E-state index in [1.54, 1.807) is 19.1 Å². The van der Waals surface area contributed by atoms with Crippen LogP contribution in [-0.4, -0.2) is 35.5 Å². The third-order valence-corrected chi connectivity index (χ3v) is 4.51. The van der Waals surface area contributed by atoms with Crippen LogP contribution in [0.1, 0.15) is 38.3 Å². The monoisotopic (exact) mass is 310 g/mol.